The lowest BCUT2D eigenvalue weighted by atomic mass is 10.1. The van der Waals surface area contributed by atoms with Crippen molar-refractivity contribution in [3.63, 3.8) is 0 Å². The molecule has 1 aliphatic heterocycles. The van der Waals surface area contributed by atoms with Crippen LogP contribution in [0.4, 0.5) is 0 Å². The van der Waals surface area contributed by atoms with E-state index >= 15 is 0 Å². The van der Waals surface area contributed by atoms with E-state index in [1.54, 1.807) is 0 Å². The molecule has 1 atom stereocenters. The average Bonchev–Trinajstić information content (AvgIpc) is 2.46. The molecule has 4 heteroatoms. The molecule has 16 heavy (non-hydrogen) atoms. The zero-order chi connectivity index (χ0) is 11.3. The van der Waals surface area contributed by atoms with Crippen molar-refractivity contribution in [1.29, 1.82) is 0 Å². The van der Waals surface area contributed by atoms with Gasteiger partial charge in [0.15, 0.2) is 0 Å². The van der Waals surface area contributed by atoms with E-state index in [4.69, 9.17) is 0 Å². The highest BCUT2D eigenvalue weighted by Gasteiger charge is 2.18. The number of aryl methyl sites for hydroxylation is 1. The van der Waals surface area contributed by atoms with Crippen LogP contribution in [0.3, 0.4) is 0 Å². The minimum Gasteiger partial charge on any atom is -0.308 e. The van der Waals surface area contributed by atoms with Gasteiger partial charge in [-0.15, -0.1) is 0 Å². The van der Waals surface area contributed by atoms with Gasteiger partial charge in [-0.05, 0) is 31.0 Å². The number of hydrogen-bond acceptors (Lipinski definition) is 2. The minimum absolute atomic E-state index is 0.00241. The standard InChI is InChI=1S/C12H15N3O/c1-7-3-4-10-11-9(7)5-13-8(2)6-15(11)12(16)14-10/h3-4,8,13H,5-6H2,1-2H3,(H,14,16)/t8-/m0/s1. The molecule has 0 aliphatic carbocycles. The summed E-state index contributed by atoms with van der Waals surface area (Å²) in [6.45, 7) is 5.76. The predicted molar refractivity (Wildman–Crippen MR) is 63.6 cm³/mol. The van der Waals surface area contributed by atoms with Gasteiger partial charge >= 0.3 is 5.69 Å². The molecule has 0 fully saturated rings. The van der Waals surface area contributed by atoms with E-state index in [-0.39, 0.29) is 5.69 Å². The maximum Gasteiger partial charge on any atom is 0.326 e. The first kappa shape index (κ1) is 9.66. The molecule has 0 amide bonds. The number of aromatic nitrogens is 2. The van der Waals surface area contributed by atoms with Gasteiger partial charge in [0.2, 0.25) is 0 Å². The third-order valence-corrected chi connectivity index (χ3v) is 3.36. The molecule has 0 saturated heterocycles. The van der Waals surface area contributed by atoms with Crippen LogP contribution in [0, 0.1) is 6.92 Å². The van der Waals surface area contributed by atoms with Gasteiger partial charge in [-0.25, -0.2) is 4.79 Å². The van der Waals surface area contributed by atoms with Crippen molar-refractivity contribution >= 4 is 11.0 Å². The second-order valence-electron chi connectivity index (χ2n) is 4.58. The van der Waals surface area contributed by atoms with Crippen LogP contribution in [0.2, 0.25) is 0 Å². The van der Waals surface area contributed by atoms with Gasteiger partial charge in [0, 0.05) is 19.1 Å². The minimum atomic E-state index is -0.00241. The molecule has 0 unspecified atom stereocenters. The Bertz CT molecular complexity index is 608. The fraction of sp³-hybridized carbons (Fsp3) is 0.417. The molecule has 84 valence electrons. The second kappa shape index (κ2) is 3.22. The Morgan fingerprint density at radius 2 is 2.25 bits per heavy atom. The summed E-state index contributed by atoms with van der Waals surface area (Å²) in [4.78, 5) is 14.8. The van der Waals surface area contributed by atoms with E-state index in [0.717, 1.165) is 24.1 Å². The van der Waals surface area contributed by atoms with Crippen LogP contribution in [-0.4, -0.2) is 15.6 Å². The van der Waals surface area contributed by atoms with Crippen molar-refractivity contribution in [3.05, 3.63) is 33.7 Å². The molecule has 4 nitrogen and oxygen atoms in total. The largest absolute Gasteiger partial charge is 0.326 e. The van der Waals surface area contributed by atoms with Crippen molar-refractivity contribution < 1.29 is 0 Å². The van der Waals surface area contributed by atoms with Crippen LogP contribution in [-0.2, 0) is 13.1 Å². The Kier molecular flexibility index (Phi) is 1.94. The number of H-pyrrole nitrogens is 1. The van der Waals surface area contributed by atoms with Crippen molar-refractivity contribution in [1.82, 2.24) is 14.9 Å². The third-order valence-electron chi connectivity index (χ3n) is 3.36. The molecule has 2 heterocycles. The van der Waals surface area contributed by atoms with Gasteiger partial charge in [-0.3, -0.25) is 4.57 Å². The molecular weight excluding hydrogens is 202 g/mol. The van der Waals surface area contributed by atoms with Gasteiger partial charge in [0.25, 0.3) is 0 Å². The maximum absolute atomic E-state index is 11.8. The van der Waals surface area contributed by atoms with Gasteiger partial charge < -0.3 is 10.3 Å². The molecule has 3 rings (SSSR count). The summed E-state index contributed by atoms with van der Waals surface area (Å²) in [5.41, 5.74) is 4.49. The molecule has 2 aromatic rings. The summed E-state index contributed by atoms with van der Waals surface area (Å²) >= 11 is 0. The number of nitrogens with one attached hydrogen (secondary N) is 2. The first-order chi connectivity index (χ1) is 7.66. The number of imidazole rings is 1. The van der Waals surface area contributed by atoms with Crippen LogP contribution in [0.1, 0.15) is 18.1 Å². The van der Waals surface area contributed by atoms with Crippen LogP contribution in [0.15, 0.2) is 16.9 Å². The van der Waals surface area contributed by atoms with Crippen molar-refractivity contribution in [3.8, 4) is 0 Å². The van der Waals surface area contributed by atoms with E-state index in [0.29, 0.717) is 6.04 Å². The van der Waals surface area contributed by atoms with Crippen LogP contribution < -0.4 is 11.0 Å². The lowest BCUT2D eigenvalue weighted by Crippen LogP contribution is -2.30. The maximum atomic E-state index is 11.8. The molecule has 0 spiro atoms. The first-order valence-corrected chi connectivity index (χ1v) is 5.61. The smallest absolute Gasteiger partial charge is 0.308 e. The molecule has 1 aromatic heterocycles. The number of rotatable bonds is 0. The second-order valence-corrected chi connectivity index (χ2v) is 4.58. The van der Waals surface area contributed by atoms with E-state index in [9.17, 15) is 4.79 Å². The van der Waals surface area contributed by atoms with E-state index in [1.807, 2.05) is 10.6 Å². The summed E-state index contributed by atoms with van der Waals surface area (Å²) in [5.74, 6) is 0. The number of hydrogen-bond donors (Lipinski definition) is 2. The lowest BCUT2D eigenvalue weighted by Gasteiger charge is -2.09. The molecule has 0 saturated carbocycles. The number of aromatic amines is 1. The highest BCUT2D eigenvalue weighted by atomic mass is 16.1. The highest BCUT2D eigenvalue weighted by molar-refractivity contribution is 5.80. The summed E-state index contributed by atoms with van der Waals surface area (Å²) < 4.78 is 1.85. The summed E-state index contributed by atoms with van der Waals surface area (Å²) in [6, 6.07) is 4.38. The molecule has 0 radical (unpaired) electrons. The predicted octanol–water partition coefficient (Wildman–Crippen LogP) is 1.13. The van der Waals surface area contributed by atoms with Gasteiger partial charge in [-0.1, -0.05) is 6.07 Å². The fourth-order valence-corrected chi connectivity index (χ4v) is 2.44. The highest BCUT2D eigenvalue weighted by Crippen LogP contribution is 2.22. The average molecular weight is 217 g/mol. The third kappa shape index (κ3) is 1.23. The van der Waals surface area contributed by atoms with Gasteiger partial charge in [-0.2, -0.15) is 0 Å². The fourth-order valence-electron chi connectivity index (χ4n) is 2.44. The molecule has 2 N–H and O–H groups in total. The molecule has 0 bridgehead atoms. The summed E-state index contributed by atoms with van der Waals surface area (Å²) in [5, 5.41) is 3.43. The SMILES string of the molecule is Cc1ccc2[nH]c(=O)n3c2c1CN[C@@H](C)C3. The Morgan fingerprint density at radius 3 is 3.06 bits per heavy atom. The molecule has 1 aliphatic rings. The summed E-state index contributed by atoms with van der Waals surface area (Å²) in [7, 11) is 0. The summed E-state index contributed by atoms with van der Waals surface area (Å²) in [6.07, 6.45) is 0. The van der Waals surface area contributed by atoms with Crippen molar-refractivity contribution in [2.24, 2.45) is 0 Å². The Hall–Kier alpha value is -1.55. The van der Waals surface area contributed by atoms with Crippen molar-refractivity contribution in [2.45, 2.75) is 33.0 Å². The number of nitrogens with zero attached hydrogens (tertiary/aromatic N) is 1. The Morgan fingerprint density at radius 1 is 1.44 bits per heavy atom. The van der Waals surface area contributed by atoms with Crippen LogP contribution >= 0.6 is 0 Å². The van der Waals surface area contributed by atoms with Crippen LogP contribution in [0.5, 0.6) is 0 Å². The normalized spacial score (nSPS) is 20.0. The zero-order valence-corrected chi connectivity index (χ0v) is 9.50. The van der Waals surface area contributed by atoms with Gasteiger partial charge in [0.1, 0.15) is 0 Å². The van der Waals surface area contributed by atoms with E-state index < -0.39 is 0 Å². The van der Waals surface area contributed by atoms with Crippen LogP contribution in [0.25, 0.3) is 11.0 Å². The van der Waals surface area contributed by atoms with E-state index in [1.165, 1.54) is 11.1 Å². The van der Waals surface area contributed by atoms with Gasteiger partial charge in [0.05, 0.1) is 11.0 Å². The Labute approximate surface area is 93.3 Å². The van der Waals surface area contributed by atoms with E-state index in [2.05, 4.69) is 30.2 Å². The van der Waals surface area contributed by atoms with Crippen molar-refractivity contribution in [2.75, 3.05) is 0 Å². The topological polar surface area (TPSA) is 49.8 Å². The molecule has 1 aromatic carbocycles. The number of benzene rings is 1. The monoisotopic (exact) mass is 217 g/mol. The quantitative estimate of drug-likeness (QED) is 0.695. The molecular formula is C12H15N3O. The lowest BCUT2D eigenvalue weighted by molar-refractivity contribution is 0.490. The Balaban J connectivity index is 2.43. The zero-order valence-electron chi connectivity index (χ0n) is 9.50. The first-order valence-electron chi connectivity index (χ1n) is 5.61.